The highest BCUT2D eigenvalue weighted by molar-refractivity contribution is 5.85. The summed E-state index contributed by atoms with van der Waals surface area (Å²) in [4.78, 5) is 0. The molecule has 0 saturated heterocycles. The topological polar surface area (TPSA) is 0 Å². The third kappa shape index (κ3) is 3.33. The Balaban J connectivity index is 0.000000126. The fourth-order valence-corrected chi connectivity index (χ4v) is 3.06. The maximum atomic E-state index is 2.26. The summed E-state index contributed by atoms with van der Waals surface area (Å²) in [7, 11) is 0. The van der Waals surface area contributed by atoms with Crippen LogP contribution in [0.15, 0.2) is 66.7 Å². The Bertz CT molecular complexity index is 694. The molecule has 3 aromatic rings. The monoisotopic (exact) mass is 274 g/mol. The highest BCUT2D eigenvalue weighted by Gasteiger charge is 2.05. The summed E-state index contributed by atoms with van der Waals surface area (Å²) < 4.78 is 0. The maximum absolute atomic E-state index is 2.26. The summed E-state index contributed by atoms with van der Waals surface area (Å²) in [5.74, 6) is 0. The van der Waals surface area contributed by atoms with Gasteiger partial charge in [-0.1, -0.05) is 66.7 Å². The second-order valence-corrected chi connectivity index (χ2v) is 5.77. The summed E-state index contributed by atoms with van der Waals surface area (Å²) in [5.41, 5.74) is 4.51. The Kier molecular flexibility index (Phi) is 4.35. The lowest BCUT2D eigenvalue weighted by Gasteiger charge is -2.13. The fourth-order valence-electron chi connectivity index (χ4n) is 3.06. The van der Waals surface area contributed by atoms with Crippen LogP contribution in [0.2, 0.25) is 0 Å². The van der Waals surface area contributed by atoms with Crippen LogP contribution < -0.4 is 0 Å². The molecular weight excluding hydrogens is 252 g/mol. The Hall–Kier alpha value is -2.08. The van der Waals surface area contributed by atoms with Gasteiger partial charge < -0.3 is 0 Å². The van der Waals surface area contributed by atoms with Crippen molar-refractivity contribution in [2.75, 3.05) is 0 Å². The number of hydrogen-bond acceptors (Lipinski definition) is 0. The van der Waals surface area contributed by atoms with E-state index in [0.717, 1.165) is 0 Å². The molecule has 0 radical (unpaired) electrons. The first kappa shape index (κ1) is 13.9. The van der Waals surface area contributed by atoms with Crippen molar-refractivity contribution < 1.29 is 0 Å². The van der Waals surface area contributed by atoms with Crippen LogP contribution in [0.5, 0.6) is 0 Å². The van der Waals surface area contributed by atoms with E-state index < -0.39 is 0 Å². The lowest BCUT2D eigenvalue weighted by Crippen LogP contribution is -2.00. The molecular formula is C21H22. The molecule has 0 heterocycles. The Morgan fingerprint density at radius 1 is 0.619 bits per heavy atom. The zero-order valence-electron chi connectivity index (χ0n) is 12.7. The van der Waals surface area contributed by atoms with Gasteiger partial charge in [0.2, 0.25) is 0 Å². The lowest BCUT2D eigenvalue weighted by molar-refractivity contribution is 0.685. The van der Waals surface area contributed by atoms with E-state index in [2.05, 4.69) is 73.7 Å². The van der Waals surface area contributed by atoms with Crippen LogP contribution in [0.1, 0.15) is 29.5 Å². The molecule has 0 bridgehead atoms. The van der Waals surface area contributed by atoms with Crippen LogP contribution in [-0.4, -0.2) is 0 Å². The first-order valence-corrected chi connectivity index (χ1v) is 7.86. The van der Waals surface area contributed by atoms with Crippen molar-refractivity contribution >= 4 is 10.8 Å². The molecule has 21 heavy (non-hydrogen) atoms. The second-order valence-electron chi connectivity index (χ2n) is 5.77. The molecule has 1 aliphatic carbocycles. The Morgan fingerprint density at radius 2 is 1.19 bits per heavy atom. The minimum Gasteiger partial charge on any atom is -0.0620 e. The van der Waals surface area contributed by atoms with Crippen molar-refractivity contribution in [2.45, 2.75) is 32.6 Å². The molecule has 0 unspecified atom stereocenters. The minimum absolute atomic E-state index is 1.30. The molecule has 0 amide bonds. The molecule has 0 aliphatic heterocycles. The van der Waals surface area contributed by atoms with Crippen molar-refractivity contribution in [1.29, 1.82) is 0 Å². The molecule has 0 heteroatoms. The van der Waals surface area contributed by atoms with E-state index in [1.165, 1.54) is 42.0 Å². The number of benzene rings is 3. The third-order valence-corrected chi connectivity index (χ3v) is 4.27. The van der Waals surface area contributed by atoms with E-state index in [-0.39, 0.29) is 0 Å². The van der Waals surface area contributed by atoms with Crippen LogP contribution >= 0.6 is 0 Å². The highest BCUT2D eigenvalue weighted by atomic mass is 14.1. The molecule has 4 rings (SSSR count). The lowest BCUT2D eigenvalue weighted by atomic mass is 9.92. The summed E-state index contributed by atoms with van der Waals surface area (Å²) >= 11 is 0. The van der Waals surface area contributed by atoms with Gasteiger partial charge in [0.25, 0.3) is 0 Å². The van der Waals surface area contributed by atoms with Gasteiger partial charge in [0.05, 0.1) is 0 Å². The maximum Gasteiger partial charge on any atom is -0.0155 e. The van der Waals surface area contributed by atoms with Gasteiger partial charge in [-0.3, -0.25) is 0 Å². The van der Waals surface area contributed by atoms with E-state index in [1.54, 1.807) is 11.1 Å². The highest BCUT2D eigenvalue weighted by Crippen LogP contribution is 2.19. The molecule has 0 spiro atoms. The summed E-state index contributed by atoms with van der Waals surface area (Å²) in [6.45, 7) is 2.14. The first-order chi connectivity index (χ1) is 10.3. The van der Waals surface area contributed by atoms with E-state index in [9.17, 15) is 0 Å². The van der Waals surface area contributed by atoms with Crippen molar-refractivity contribution in [3.8, 4) is 0 Å². The van der Waals surface area contributed by atoms with Gasteiger partial charge in [0.15, 0.2) is 0 Å². The van der Waals surface area contributed by atoms with Gasteiger partial charge in [-0.25, -0.2) is 0 Å². The van der Waals surface area contributed by atoms with E-state index in [4.69, 9.17) is 0 Å². The SMILES string of the molecule is Cc1cccc2ccccc12.c1ccc2c(c1)CCCC2. The zero-order chi connectivity index (χ0) is 14.5. The third-order valence-electron chi connectivity index (χ3n) is 4.27. The predicted octanol–water partition coefficient (Wildman–Crippen LogP) is 5.71. The minimum atomic E-state index is 1.30. The quantitative estimate of drug-likeness (QED) is 0.492. The molecule has 3 aromatic carbocycles. The molecule has 0 nitrogen and oxygen atoms in total. The number of hydrogen-bond donors (Lipinski definition) is 0. The smallest absolute Gasteiger partial charge is 0.0155 e. The Morgan fingerprint density at radius 3 is 1.86 bits per heavy atom. The molecule has 0 saturated carbocycles. The van der Waals surface area contributed by atoms with Crippen LogP contribution in [0.4, 0.5) is 0 Å². The largest absolute Gasteiger partial charge is 0.0620 e. The van der Waals surface area contributed by atoms with Gasteiger partial charge in [-0.2, -0.15) is 0 Å². The van der Waals surface area contributed by atoms with E-state index in [1.807, 2.05) is 0 Å². The average molecular weight is 274 g/mol. The van der Waals surface area contributed by atoms with Gasteiger partial charge in [-0.05, 0) is 60.1 Å². The summed E-state index contributed by atoms with van der Waals surface area (Å²) in [6, 6.07) is 23.6. The molecule has 0 fully saturated rings. The Labute approximate surface area is 127 Å². The normalized spacial score (nSPS) is 13.2. The van der Waals surface area contributed by atoms with Crippen LogP contribution in [0, 0.1) is 6.92 Å². The number of rotatable bonds is 0. The van der Waals surface area contributed by atoms with Crippen LogP contribution in [0.25, 0.3) is 10.8 Å². The number of fused-ring (bicyclic) bond motifs is 2. The molecule has 0 atom stereocenters. The summed E-state index contributed by atoms with van der Waals surface area (Å²) in [5, 5.41) is 2.68. The first-order valence-electron chi connectivity index (χ1n) is 7.86. The van der Waals surface area contributed by atoms with Crippen LogP contribution in [0.3, 0.4) is 0 Å². The number of aryl methyl sites for hydroxylation is 3. The van der Waals surface area contributed by atoms with Crippen molar-refractivity contribution in [1.82, 2.24) is 0 Å². The van der Waals surface area contributed by atoms with E-state index >= 15 is 0 Å². The molecule has 0 aromatic heterocycles. The van der Waals surface area contributed by atoms with Gasteiger partial charge in [0, 0.05) is 0 Å². The predicted molar refractivity (Wildman–Crippen MR) is 91.8 cm³/mol. The van der Waals surface area contributed by atoms with E-state index in [0.29, 0.717) is 0 Å². The zero-order valence-corrected chi connectivity index (χ0v) is 12.7. The standard InChI is InChI=1S/C11H10.C10H12/c1-9-5-4-7-10-6-2-3-8-11(9)10;1-2-6-10-8-4-3-7-9(10)5-1/h2-8H,1H3;1-2,5-6H,3-4,7-8H2. The van der Waals surface area contributed by atoms with Crippen molar-refractivity contribution in [3.63, 3.8) is 0 Å². The van der Waals surface area contributed by atoms with Gasteiger partial charge >= 0.3 is 0 Å². The fraction of sp³-hybridized carbons (Fsp3) is 0.238. The van der Waals surface area contributed by atoms with Gasteiger partial charge in [0.1, 0.15) is 0 Å². The second kappa shape index (κ2) is 6.58. The molecule has 1 aliphatic rings. The molecule has 106 valence electrons. The van der Waals surface area contributed by atoms with Crippen LogP contribution in [-0.2, 0) is 12.8 Å². The molecule has 0 N–H and O–H groups in total. The van der Waals surface area contributed by atoms with Gasteiger partial charge in [-0.15, -0.1) is 0 Å². The summed E-state index contributed by atoms with van der Waals surface area (Å²) in [6.07, 6.45) is 5.38. The van der Waals surface area contributed by atoms with Crippen molar-refractivity contribution in [2.24, 2.45) is 0 Å². The average Bonchev–Trinajstić information content (AvgIpc) is 2.56. The van der Waals surface area contributed by atoms with Crippen molar-refractivity contribution in [3.05, 3.63) is 83.4 Å².